The van der Waals surface area contributed by atoms with E-state index in [2.05, 4.69) is 52.2 Å². The lowest BCUT2D eigenvalue weighted by atomic mass is 9.85. The van der Waals surface area contributed by atoms with Gasteiger partial charge in [0, 0.05) is 47.1 Å². The Kier molecular flexibility index (Phi) is 15.2. The number of ketones is 2. The van der Waals surface area contributed by atoms with Crippen LogP contribution in [0.2, 0.25) is 0 Å². The van der Waals surface area contributed by atoms with E-state index in [0.29, 0.717) is 48.6 Å². The maximum atomic E-state index is 13.5. The monoisotopic (exact) mass is 568 g/mol. The fourth-order valence-corrected chi connectivity index (χ4v) is 3.89. The topological polar surface area (TPSA) is 76.7 Å². The zero-order valence-electron chi connectivity index (χ0n) is 24.1. The Morgan fingerprint density at radius 2 is 0.921 bits per heavy atom. The molecule has 2 aromatic rings. The summed E-state index contributed by atoms with van der Waals surface area (Å²) in [6.45, 7) is 13.6. The summed E-state index contributed by atoms with van der Waals surface area (Å²) in [5.74, 6) is 1.09. The van der Waals surface area contributed by atoms with Crippen LogP contribution >= 0.6 is 24.8 Å². The van der Waals surface area contributed by atoms with Crippen molar-refractivity contribution in [1.29, 1.82) is 0 Å². The molecule has 0 aromatic heterocycles. The molecule has 6 nitrogen and oxygen atoms in total. The van der Waals surface area contributed by atoms with Gasteiger partial charge in [0.1, 0.15) is 11.5 Å². The van der Waals surface area contributed by atoms with E-state index in [1.807, 2.05) is 48.5 Å². The Bertz CT molecular complexity index is 900. The third-order valence-electron chi connectivity index (χ3n) is 6.11. The quantitative estimate of drug-likeness (QED) is 0.272. The van der Waals surface area contributed by atoms with Crippen molar-refractivity contribution in [2.24, 2.45) is 11.8 Å². The van der Waals surface area contributed by atoms with Crippen molar-refractivity contribution in [3.8, 4) is 11.5 Å². The molecule has 2 N–H and O–H groups in total. The standard InChI is InChI=1S/C30H44N2O4.2ClH/c1-29(2,3)31-19-23(27(33)21-11-15-25(35-7)16-12-21)9-10-24(20-32-30(4,5)6)28(34)22-13-17-26(36-8)18-14-22;;/h11-18,23-24,31-32H,9-10,19-20H2,1-8H3;2*1H. The highest BCUT2D eigenvalue weighted by molar-refractivity contribution is 5.99. The van der Waals surface area contributed by atoms with Gasteiger partial charge in [-0.2, -0.15) is 0 Å². The third kappa shape index (κ3) is 12.2. The van der Waals surface area contributed by atoms with Gasteiger partial charge in [-0.05, 0) is 103 Å². The van der Waals surface area contributed by atoms with Crippen molar-refractivity contribution in [1.82, 2.24) is 10.6 Å². The molecule has 0 aliphatic rings. The van der Waals surface area contributed by atoms with Gasteiger partial charge in [0.25, 0.3) is 0 Å². The number of benzene rings is 2. The lowest BCUT2D eigenvalue weighted by molar-refractivity contribution is 0.0858. The molecule has 0 bridgehead atoms. The minimum absolute atomic E-state index is 0. The molecule has 8 heteroatoms. The fraction of sp³-hybridized carbons (Fsp3) is 0.533. The number of Topliss-reactive ketones (excluding diaryl/α,β-unsaturated/α-hetero) is 2. The Balaban J connectivity index is 0.00000684. The summed E-state index contributed by atoms with van der Waals surface area (Å²) in [6.07, 6.45) is 1.21. The summed E-state index contributed by atoms with van der Waals surface area (Å²) < 4.78 is 10.5. The second-order valence-electron chi connectivity index (χ2n) is 11.4. The van der Waals surface area contributed by atoms with E-state index in [0.717, 1.165) is 0 Å². The molecule has 2 aromatic carbocycles. The molecule has 0 fully saturated rings. The fourth-order valence-electron chi connectivity index (χ4n) is 3.89. The number of nitrogens with one attached hydrogen (secondary N) is 2. The van der Waals surface area contributed by atoms with Crippen LogP contribution in [0.25, 0.3) is 0 Å². The van der Waals surface area contributed by atoms with Gasteiger partial charge in [-0.25, -0.2) is 0 Å². The SMILES string of the molecule is COc1ccc(C(=O)C(CCC(CNC(C)(C)C)C(=O)c2ccc(OC)cc2)CNC(C)(C)C)cc1.Cl.Cl. The highest BCUT2D eigenvalue weighted by atomic mass is 35.5. The minimum atomic E-state index is -0.251. The highest BCUT2D eigenvalue weighted by Gasteiger charge is 2.27. The lowest BCUT2D eigenvalue weighted by Gasteiger charge is -2.28. The van der Waals surface area contributed by atoms with Gasteiger partial charge in [0.05, 0.1) is 14.2 Å². The number of carbonyl (C=O) groups is 2. The van der Waals surface area contributed by atoms with Crippen LogP contribution in [-0.2, 0) is 0 Å². The van der Waals surface area contributed by atoms with Gasteiger partial charge >= 0.3 is 0 Å². The van der Waals surface area contributed by atoms with Crippen molar-refractivity contribution in [3.05, 3.63) is 59.7 Å². The maximum Gasteiger partial charge on any atom is 0.167 e. The summed E-state index contributed by atoms with van der Waals surface area (Å²) in [6, 6.07) is 14.5. The van der Waals surface area contributed by atoms with Gasteiger partial charge in [0.15, 0.2) is 11.6 Å². The van der Waals surface area contributed by atoms with Gasteiger partial charge in [-0.15, -0.1) is 24.8 Å². The van der Waals surface area contributed by atoms with Crippen LogP contribution in [0.1, 0.15) is 75.1 Å². The van der Waals surface area contributed by atoms with E-state index >= 15 is 0 Å². The van der Waals surface area contributed by atoms with Gasteiger partial charge < -0.3 is 20.1 Å². The molecule has 38 heavy (non-hydrogen) atoms. The van der Waals surface area contributed by atoms with E-state index in [1.54, 1.807) is 14.2 Å². The van der Waals surface area contributed by atoms with Gasteiger partial charge in [0.2, 0.25) is 0 Å². The number of rotatable bonds is 13. The summed E-state index contributed by atoms with van der Waals surface area (Å²) in [5.41, 5.74) is 1.07. The molecule has 0 spiro atoms. The molecule has 0 heterocycles. The molecular weight excluding hydrogens is 523 g/mol. The number of hydrogen-bond acceptors (Lipinski definition) is 6. The first-order valence-electron chi connectivity index (χ1n) is 12.7. The zero-order valence-corrected chi connectivity index (χ0v) is 25.7. The van der Waals surface area contributed by atoms with Crippen LogP contribution in [0.3, 0.4) is 0 Å². The van der Waals surface area contributed by atoms with Crippen LogP contribution in [0.15, 0.2) is 48.5 Å². The zero-order chi connectivity index (χ0) is 26.9. The minimum Gasteiger partial charge on any atom is -0.497 e. The first-order valence-corrected chi connectivity index (χ1v) is 12.7. The summed E-state index contributed by atoms with van der Waals surface area (Å²) in [4.78, 5) is 27.0. The largest absolute Gasteiger partial charge is 0.497 e. The lowest BCUT2D eigenvalue weighted by Crippen LogP contribution is -2.42. The van der Waals surface area contributed by atoms with E-state index in [9.17, 15) is 9.59 Å². The molecule has 0 radical (unpaired) electrons. The summed E-state index contributed by atoms with van der Waals surface area (Å²) in [7, 11) is 3.22. The molecule has 214 valence electrons. The van der Waals surface area contributed by atoms with Crippen molar-refractivity contribution >= 4 is 36.4 Å². The predicted octanol–water partition coefficient (Wildman–Crippen LogP) is 6.40. The Morgan fingerprint density at radius 3 is 1.16 bits per heavy atom. The van der Waals surface area contributed by atoms with E-state index in [1.165, 1.54) is 0 Å². The number of carbonyl (C=O) groups excluding carboxylic acids is 2. The van der Waals surface area contributed by atoms with Crippen LogP contribution in [0.4, 0.5) is 0 Å². The molecule has 0 aliphatic carbocycles. The molecule has 2 atom stereocenters. The first kappa shape index (κ1) is 35.9. The molecular formula is C30H46Cl2N2O4. The summed E-state index contributed by atoms with van der Waals surface area (Å²) in [5, 5.41) is 6.98. The van der Waals surface area contributed by atoms with Crippen LogP contribution in [0, 0.1) is 11.8 Å². The normalized spacial score (nSPS) is 12.9. The van der Waals surface area contributed by atoms with E-state index in [4.69, 9.17) is 9.47 Å². The van der Waals surface area contributed by atoms with Crippen molar-refractivity contribution in [3.63, 3.8) is 0 Å². The second kappa shape index (κ2) is 16.1. The summed E-state index contributed by atoms with van der Waals surface area (Å²) >= 11 is 0. The van der Waals surface area contributed by atoms with Gasteiger partial charge in [-0.3, -0.25) is 9.59 Å². The molecule has 0 aliphatic heterocycles. The average molecular weight is 570 g/mol. The van der Waals surface area contributed by atoms with E-state index in [-0.39, 0.29) is 59.3 Å². The predicted molar refractivity (Wildman–Crippen MR) is 161 cm³/mol. The molecule has 2 unspecified atom stereocenters. The Hall–Kier alpha value is -2.12. The molecule has 2 rings (SSSR count). The third-order valence-corrected chi connectivity index (χ3v) is 6.11. The van der Waals surface area contributed by atoms with Crippen LogP contribution in [-0.4, -0.2) is 50.0 Å². The average Bonchev–Trinajstić information content (AvgIpc) is 2.83. The van der Waals surface area contributed by atoms with E-state index < -0.39 is 0 Å². The number of halogens is 2. The Morgan fingerprint density at radius 1 is 0.632 bits per heavy atom. The maximum absolute atomic E-state index is 13.5. The molecule has 0 amide bonds. The Labute approximate surface area is 241 Å². The molecule has 0 saturated carbocycles. The highest BCUT2D eigenvalue weighted by Crippen LogP contribution is 2.24. The first-order chi connectivity index (χ1) is 16.8. The number of methoxy groups -OCH3 is 2. The van der Waals surface area contributed by atoms with Crippen LogP contribution < -0.4 is 20.1 Å². The smallest absolute Gasteiger partial charge is 0.167 e. The van der Waals surface area contributed by atoms with Crippen molar-refractivity contribution in [2.45, 2.75) is 65.5 Å². The second-order valence-corrected chi connectivity index (χ2v) is 11.4. The number of ether oxygens (including phenoxy) is 2. The van der Waals surface area contributed by atoms with Crippen molar-refractivity contribution in [2.75, 3.05) is 27.3 Å². The van der Waals surface area contributed by atoms with Crippen molar-refractivity contribution < 1.29 is 19.1 Å². The molecule has 0 saturated heterocycles. The van der Waals surface area contributed by atoms with Gasteiger partial charge in [-0.1, -0.05) is 0 Å². The van der Waals surface area contributed by atoms with Crippen LogP contribution in [0.5, 0.6) is 11.5 Å². The number of hydrogen-bond donors (Lipinski definition) is 2.